The zero-order valence-electron chi connectivity index (χ0n) is 16.9. The zero-order valence-corrected chi connectivity index (χ0v) is 16.9. The van der Waals surface area contributed by atoms with Crippen LogP contribution in [0.25, 0.3) is 22.3 Å². The fourth-order valence-electron chi connectivity index (χ4n) is 3.27. The van der Waals surface area contributed by atoms with Gasteiger partial charge in [-0.05, 0) is 44.2 Å². The van der Waals surface area contributed by atoms with Crippen molar-refractivity contribution < 1.29 is 0 Å². The third-order valence-electron chi connectivity index (χ3n) is 5.03. The fourth-order valence-corrected chi connectivity index (χ4v) is 3.27. The van der Waals surface area contributed by atoms with E-state index in [1.54, 1.807) is 0 Å². The molecule has 0 aliphatic heterocycles. The Morgan fingerprint density at radius 2 is 0.962 bits per heavy atom. The van der Waals surface area contributed by atoms with Crippen molar-refractivity contribution in [1.82, 2.24) is 0 Å². The second-order valence-electron chi connectivity index (χ2n) is 9.20. The third kappa shape index (κ3) is 3.90. The molecule has 3 aromatic carbocycles. The molecule has 0 N–H and O–H groups in total. The molecule has 0 spiro atoms. The van der Waals surface area contributed by atoms with Gasteiger partial charge in [0.2, 0.25) is 0 Å². The van der Waals surface area contributed by atoms with Crippen LogP contribution in [0.4, 0.5) is 0 Å². The Kier molecular flexibility index (Phi) is 4.80. The highest BCUT2D eigenvalue weighted by Crippen LogP contribution is 2.36. The molecular formula is C26H30. The first-order valence-electron chi connectivity index (χ1n) is 9.47. The Morgan fingerprint density at radius 3 is 1.50 bits per heavy atom. The van der Waals surface area contributed by atoms with Crippen LogP contribution in [0.2, 0.25) is 0 Å². The molecule has 0 aliphatic rings. The van der Waals surface area contributed by atoms with Crippen LogP contribution in [-0.4, -0.2) is 0 Å². The number of rotatable bonds is 2. The second kappa shape index (κ2) is 6.76. The standard InChI is InChI=1S/C26H30/c1-25(2,3)21-14-12-20(13-15-21)24-18-22(26(4,5)6)16-17-23(24)19-10-8-7-9-11-19/h7-18H,1-6H3. The van der Waals surface area contributed by atoms with Crippen molar-refractivity contribution in [3.8, 4) is 22.3 Å². The first-order chi connectivity index (χ1) is 12.2. The molecule has 0 radical (unpaired) electrons. The van der Waals surface area contributed by atoms with Gasteiger partial charge < -0.3 is 0 Å². The van der Waals surface area contributed by atoms with Crippen molar-refractivity contribution in [2.45, 2.75) is 52.4 Å². The van der Waals surface area contributed by atoms with Crippen LogP contribution in [-0.2, 0) is 10.8 Å². The summed E-state index contributed by atoms with van der Waals surface area (Å²) in [5, 5.41) is 0. The summed E-state index contributed by atoms with van der Waals surface area (Å²) in [4.78, 5) is 0. The SMILES string of the molecule is CC(C)(C)c1ccc(-c2cc(C(C)(C)C)ccc2-c2ccccc2)cc1. The van der Waals surface area contributed by atoms with Gasteiger partial charge in [-0.1, -0.05) is 114 Å². The summed E-state index contributed by atoms with van der Waals surface area (Å²) in [6, 6.07) is 26.7. The Labute approximate surface area is 158 Å². The van der Waals surface area contributed by atoms with Crippen LogP contribution >= 0.6 is 0 Å². The Morgan fingerprint density at radius 1 is 0.462 bits per heavy atom. The minimum Gasteiger partial charge on any atom is -0.0622 e. The lowest BCUT2D eigenvalue weighted by molar-refractivity contribution is 0.590. The summed E-state index contributed by atoms with van der Waals surface area (Å²) in [6.45, 7) is 13.6. The maximum atomic E-state index is 2.37. The number of hydrogen-bond acceptors (Lipinski definition) is 0. The predicted octanol–water partition coefficient (Wildman–Crippen LogP) is 7.62. The number of benzene rings is 3. The summed E-state index contributed by atoms with van der Waals surface area (Å²) in [6.07, 6.45) is 0. The van der Waals surface area contributed by atoms with Gasteiger partial charge in [0, 0.05) is 0 Å². The van der Waals surface area contributed by atoms with Crippen LogP contribution in [0.5, 0.6) is 0 Å². The molecule has 0 aromatic heterocycles. The first-order valence-corrected chi connectivity index (χ1v) is 9.47. The molecule has 0 heteroatoms. The van der Waals surface area contributed by atoms with E-state index in [9.17, 15) is 0 Å². The van der Waals surface area contributed by atoms with Crippen molar-refractivity contribution in [2.24, 2.45) is 0 Å². The van der Waals surface area contributed by atoms with Gasteiger partial charge >= 0.3 is 0 Å². The molecule has 0 saturated heterocycles. The maximum absolute atomic E-state index is 2.37. The average molecular weight is 343 g/mol. The van der Waals surface area contributed by atoms with E-state index >= 15 is 0 Å². The quantitative estimate of drug-likeness (QED) is 0.449. The highest BCUT2D eigenvalue weighted by molar-refractivity contribution is 5.84. The van der Waals surface area contributed by atoms with Gasteiger partial charge in [0.25, 0.3) is 0 Å². The van der Waals surface area contributed by atoms with E-state index in [4.69, 9.17) is 0 Å². The molecule has 3 aromatic rings. The van der Waals surface area contributed by atoms with E-state index < -0.39 is 0 Å². The molecule has 0 bridgehead atoms. The van der Waals surface area contributed by atoms with Crippen LogP contribution < -0.4 is 0 Å². The first kappa shape index (κ1) is 18.5. The van der Waals surface area contributed by atoms with Crippen LogP contribution in [0.3, 0.4) is 0 Å². The third-order valence-corrected chi connectivity index (χ3v) is 5.03. The molecule has 3 rings (SSSR count). The Hall–Kier alpha value is -2.34. The predicted molar refractivity (Wildman–Crippen MR) is 115 cm³/mol. The van der Waals surface area contributed by atoms with E-state index in [1.807, 2.05) is 0 Å². The topological polar surface area (TPSA) is 0 Å². The molecule has 0 unspecified atom stereocenters. The Bertz CT molecular complexity index is 870. The molecular weight excluding hydrogens is 312 g/mol. The maximum Gasteiger partial charge on any atom is -0.0102 e. The Balaban J connectivity index is 2.17. The van der Waals surface area contributed by atoms with E-state index in [-0.39, 0.29) is 10.8 Å². The van der Waals surface area contributed by atoms with Crippen molar-refractivity contribution in [3.63, 3.8) is 0 Å². The van der Waals surface area contributed by atoms with Gasteiger partial charge in [-0.2, -0.15) is 0 Å². The summed E-state index contributed by atoms with van der Waals surface area (Å²) < 4.78 is 0. The highest BCUT2D eigenvalue weighted by atomic mass is 14.2. The smallest absolute Gasteiger partial charge is 0.0102 e. The molecule has 0 saturated carbocycles. The molecule has 0 heterocycles. The minimum atomic E-state index is 0.134. The lowest BCUT2D eigenvalue weighted by Gasteiger charge is -2.23. The molecule has 0 fully saturated rings. The van der Waals surface area contributed by atoms with Crippen LogP contribution in [0, 0.1) is 0 Å². The normalized spacial score (nSPS) is 12.2. The molecule has 134 valence electrons. The summed E-state index contributed by atoms with van der Waals surface area (Å²) in [5.41, 5.74) is 8.20. The van der Waals surface area contributed by atoms with Gasteiger partial charge in [0.05, 0.1) is 0 Å². The monoisotopic (exact) mass is 342 g/mol. The minimum absolute atomic E-state index is 0.134. The van der Waals surface area contributed by atoms with E-state index in [0.29, 0.717) is 0 Å². The zero-order chi connectivity index (χ0) is 18.9. The molecule has 0 amide bonds. The van der Waals surface area contributed by atoms with Crippen molar-refractivity contribution in [1.29, 1.82) is 0 Å². The molecule has 0 nitrogen and oxygen atoms in total. The van der Waals surface area contributed by atoms with E-state index in [0.717, 1.165) is 0 Å². The van der Waals surface area contributed by atoms with Crippen molar-refractivity contribution in [2.75, 3.05) is 0 Å². The molecule has 0 aliphatic carbocycles. The molecule has 26 heavy (non-hydrogen) atoms. The van der Waals surface area contributed by atoms with E-state index in [1.165, 1.54) is 33.4 Å². The van der Waals surface area contributed by atoms with E-state index in [2.05, 4.69) is 114 Å². The number of hydrogen-bond donors (Lipinski definition) is 0. The average Bonchev–Trinajstić information content (AvgIpc) is 2.60. The fraction of sp³-hybridized carbons (Fsp3) is 0.308. The largest absolute Gasteiger partial charge is 0.0622 e. The van der Waals surface area contributed by atoms with Gasteiger partial charge in [-0.25, -0.2) is 0 Å². The summed E-state index contributed by atoms with van der Waals surface area (Å²) >= 11 is 0. The van der Waals surface area contributed by atoms with Crippen LogP contribution in [0.15, 0.2) is 72.8 Å². The van der Waals surface area contributed by atoms with Gasteiger partial charge in [0.15, 0.2) is 0 Å². The van der Waals surface area contributed by atoms with Gasteiger partial charge in [-0.3, -0.25) is 0 Å². The summed E-state index contributed by atoms with van der Waals surface area (Å²) in [5.74, 6) is 0. The lowest BCUT2D eigenvalue weighted by atomic mass is 9.82. The van der Waals surface area contributed by atoms with Crippen LogP contribution in [0.1, 0.15) is 52.7 Å². The van der Waals surface area contributed by atoms with Crippen molar-refractivity contribution >= 4 is 0 Å². The second-order valence-corrected chi connectivity index (χ2v) is 9.20. The van der Waals surface area contributed by atoms with Gasteiger partial charge in [-0.15, -0.1) is 0 Å². The highest BCUT2D eigenvalue weighted by Gasteiger charge is 2.18. The summed E-state index contributed by atoms with van der Waals surface area (Å²) in [7, 11) is 0. The van der Waals surface area contributed by atoms with Gasteiger partial charge in [0.1, 0.15) is 0 Å². The lowest BCUT2D eigenvalue weighted by Crippen LogP contribution is -2.11. The molecule has 0 atom stereocenters. The van der Waals surface area contributed by atoms with Crippen molar-refractivity contribution in [3.05, 3.63) is 83.9 Å².